The van der Waals surface area contributed by atoms with E-state index in [1.165, 1.54) is 0 Å². The van der Waals surface area contributed by atoms with Crippen LogP contribution in [0.1, 0.15) is 35.2 Å². The highest BCUT2D eigenvalue weighted by Crippen LogP contribution is 2.41. The van der Waals surface area contributed by atoms with Crippen molar-refractivity contribution < 1.29 is 24.2 Å². The van der Waals surface area contributed by atoms with E-state index in [9.17, 15) is 14.7 Å². The van der Waals surface area contributed by atoms with Gasteiger partial charge < -0.3 is 19.5 Å². The number of hydrogen-bond acceptors (Lipinski definition) is 5. The first-order valence-corrected chi connectivity index (χ1v) is 12.4. The van der Waals surface area contributed by atoms with Crippen LogP contribution in [-0.4, -0.2) is 41.0 Å². The van der Waals surface area contributed by atoms with E-state index in [0.29, 0.717) is 42.9 Å². The quantitative estimate of drug-likeness (QED) is 0.200. The van der Waals surface area contributed by atoms with E-state index in [4.69, 9.17) is 9.47 Å². The fourth-order valence-corrected chi connectivity index (χ4v) is 5.01. The predicted octanol–water partition coefficient (Wildman–Crippen LogP) is 5.24. The second kappa shape index (κ2) is 10.3. The summed E-state index contributed by atoms with van der Waals surface area (Å²) in [5, 5.41) is 11.4. The van der Waals surface area contributed by atoms with Gasteiger partial charge in [0.2, 0.25) is 0 Å². The molecule has 1 N–H and O–H groups in total. The maximum atomic E-state index is 13.4. The summed E-state index contributed by atoms with van der Waals surface area (Å²) in [6.45, 7) is 6.32. The normalized spacial score (nSPS) is 20.0. The molecule has 1 saturated heterocycles. The maximum absolute atomic E-state index is 13.4. The van der Waals surface area contributed by atoms with Gasteiger partial charge in [-0.05, 0) is 60.4 Å². The molecule has 3 aromatic carbocycles. The molecule has 1 amide bonds. The Kier molecular flexibility index (Phi) is 6.82. The van der Waals surface area contributed by atoms with Crippen LogP contribution in [0.15, 0.2) is 91.0 Å². The zero-order valence-corrected chi connectivity index (χ0v) is 20.7. The van der Waals surface area contributed by atoms with Crippen LogP contribution in [0.25, 0.3) is 5.76 Å². The highest BCUT2D eigenvalue weighted by atomic mass is 16.5. The molecule has 0 radical (unpaired) electrons. The minimum Gasteiger partial charge on any atom is -0.507 e. The second-order valence-electron chi connectivity index (χ2n) is 9.36. The molecule has 2 unspecified atom stereocenters. The lowest BCUT2D eigenvalue weighted by molar-refractivity contribution is -0.139. The maximum Gasteiger partial charge on any atom is 0.295 e. The predicted molar refractivity (Wildman–Crippen MR) is 142 cm³/mol. The van der Waals surface area contributed by atoms with Gasteiger partial charge in [-0.15, -0.1) is 0 Å². The standard InChI is InChI=1S/C31H29NO5/c1-3-16-36-25-11-7-10-22(19-25)28-27(29(33)23-12-13-26-24(18-23)17-20(2)37-26)30(34)31(35)32(28)15-14-21-8-5-4-6-9-21/h3-13,18-20,28,33H,1,14-17H2,2H3/b29-27+. The van der Waals surface area contributed by atoms with Crippen molar-refractivity contribution in [1.29, 1.82) is 0 Å². The van der Waals surface area contributed by atoms with Crippen LogP contribution in [0.3, 0.4) is 0 Å². The summed E-state index contributed by atoms with van der Waals surface area (Å²) >= 11 is 0. The number of aliphatic hydroxyl groups is 1. The number of Topliss-reactive ketones (excluding diaryl/α,β-unsaturated/α-hetero) is 1. The molecule has 0 aliphatic carbocycles. The van der Waals surface area contributed by atoms with Gasteiger partial charge in [-0.3, -0.25) is 9.59 Å². The monoisotopic (exact) mass is 495 g/mol. The molecule has 0 bridgehead atoms. The van der Waals surface area contributed by atoms with Gasteiger partial charge in [0.1, 0.15) is 30.0 Å². The number of nitrogens with zero attached hydrogens (tertiary/aromatic N) is 1. The summed E-state index contributed by atoms with van der Waals surface area (Å²) in [4.78, 5) is 28.2. The molecule has 6 heteroatoms. The fraction of sp³-hybridized carbons (Fsp3) is 0.226. The molecule has 1 fully saturated rings. The zero-order chi connectivity index (χ0) is 25.9. The molecular formula is C31H29NO5. The summed E-state index contributed by atoms with van der Waals surface area (Å²) in [5.41, 5.74) is 3.27. The average Bonchev–Trinajstić information content (AvgIpc) is 3.41. The van der Waals surface area contributed by atoms with Crippen LogP contribution in [0, 0.1) is 0 Å². The highest BCUT2D eigenvalue weighted by molar-refractivity contribution is 6.46. The number of fused-ring (bicyclic) bond motifs is 1. The zero-order valence-electron chi connectivity index (χ0n) is 20.7. The molecule has 3 aromatic rings. The molecule has 0 spiro atoms. The number of aliphatic hydroxyl groups excluding tert-OH is 1. The van der Waals surface area contributed by atoms with Crippen molar-refractivity contribution in [2.45, 2.75) is 31.9 Å². The number of rotatable bonds is 8. The Hall–Kier alpha value is -4.32. The van der Waals surface area contributed by atoms with Gasteiger partial charge in [0.25, 0.3) is 11.7 Å². The summed E-state index contributed by atoms with van der Waals surface area (Å²) in [6, 6.07) is 21.7. The molecule has 2 aliphatic rings. The van der Waals surface area contributed by atoms with Gasteiger partial charge in [0, 0.05) is 18.5 Å². The molecule has 2 atom stereocenters. The topological polar surface area (TPSA) is 76.1 Å². The summed E-state index contributed by atoms with van der Waals surface area (Å²) < 4.78 is 11.5. The molecule has 0 aromatic heterocycles. The minimum absolute atomic E-state index is 0.0502. The molecule has 0 saturated carbocycles. The Balaban J connectivity index is 1.57. The van der Waals surface area contributed by atoms with Crippen molar-refractivity contribution in [3.05, 3.63) is 113 Å². The second-order valence-corrected chi connectivity index (χ2v) is 9.36. The number of ether oxygens (including phenoxy) is 2. The number of carbonyl (C=O) groups is 2. The van der Waals surface area contributed by atoms with E-state index in [1.54, 1.807) is 29.2 Å². The largest absolute Gasteiger partial charge is 0.507 e. The molecule has 5 rings (SSSR count). The van der Waals surface area contributed by atoms with Gasteiger partial charge in [0.15, 0.2) is 0 Å². The van der Waals surface area contributed by atoms with Gasteiger partial charge in [0.05, 0.1) is 11.6 Å². The molecule has 6 nitrogen and oxygen atoms in total. The van der Waals surface area contributed by atoms with Crippen LogP contribution < -0.4 is 9.47 Å². The minimum atomic E-state index is -0.751. The van der Waals surface area contributed by atoms with Gasteiger partial charge in [-0.2, -0.15) is 0 Å². The number of hydrogen-bond donors (Lipinski definition) is 1. The molecule has 188 valence electrons. The Morgan fingerprint density at radius 1 is 1.11 bits per heavy atom. The number of ketones is 1. The third-order valence-electron chi connectivity index (χ3n) is 6.74. The van der Waals surface area contributed by atoms with Crippen molar-refractivity contribution in [3.63, 3.8) is 0 Å². The Morgan fingerprint density at radius 3 is 2.70 bits per heavy atom. The fourth-order valence-electron chi connectivity index (χ4n) is 5.01. The molecular weight excluding hydrogens is 466 g/mol. The first kappa shape index (κ1) is 24.4. The van der Waals surface area contributed by atoms with Gasteiger partial charge in [-0.25, -0.2) is 0 Å². The third-order valence-corrected chi connectivity index (χ3v) is 6.74. The summed E-state index contributed by atoms with van der Waals surface area (Å²) in [7, 11) is 0. The average molecular weight is 496 g/mol. The van der Waals surface area contributed by atoms with Crippen LogP contribution in [0.4, 0.5) is 0 Å². The lowest BCUT2D eigenvalue weighted by atomic mass is 9.94. The Labute approximate surface area is 216 Å². The van der Waals surface area contributed by atoms with Crippen LogP contribution in [0.2, 0.25) is 0 Å². The van der Waals surface area contributed by atoms with Gasteiger partial charge in [-0.1, -0.05) is 55.1 Å². The smallest absolute Gasteiger partial charge is 0.295 e. The van der Waals surface area contributed by atoms with Crippen LogP contribution in [0.5, 0.6) is 11.5 Å². The first-order valence-electron chi connectivity index (χ1n) is 12.4. The van der Waals surface area contributed by atoms with Crippen molar-refractivity contribution in [2.24, 2.45) is 0 Å². The van der Waals surface area contributed by atoms with Crippen molar-refractivity contribution in [3.8, 4) is 11.5 Å². The number of carbonyl (C=O) groups excluding carboxylic acids is 2. The van der Waals surface area contributed by atoms with Crippen molar-refractivity contribution in [1.82, 2.24) is 4.90 Å². The van der Waals surface area contributed by atoms with Crippen molar-refractivity contribution in [2.75, 3.05) is 13.2 Å². The van der Waals surface area contributed by atoms with Gasteiger partial charge >= 0.3 is 0 Å². The number of amides is 1. The lowest BCUT2D eigenvalue weighted by Gasteiger charge is -2.26. The Bertz CT molecular complexity index is 1380. The molecule has 2 aliphatic heterocycles. The highest BCUT2D eigenvalue weighted by Gasteiger charge is 2.46. The lowest BCUT2D eigenvalue weighted by Crippen LogP contribution is -2.31. The first-order chi connectivity index (χ1) is 18.0. The molecule has 2 heterocycles. The van der Waals surface area contributed by atoms with E-state index in [-0.39, 0.29) is 17.4 Å². The number of likely N-dealkylation sites (tertiary alicyclic amines) is 1. The van der Waals surface area contributed by atoms with E-state index >= 15 is 0 Å². The summed E-state index contributed by atoms with van der Waals surface area (Å²) in [6.07, 6.45) is 2.99. The van der Waals surface area contributed by atoms with E-state index in [0.717, 1.165) is 16.9 Å². The Morgan fingerprint density at radius 2 is 1.92 bits per heavy atom. The van der Waals surface area contributed by atoms with E-state index < -0.39 is 17.7 Å². The summed E-state index contributed by atoms with van der Waals surface area (Å²) in [5.74, 6) is -0.146. The number of benzene rings is 3. The van der Waals surface area contributed by atoms with E-state index in [1.807, 2.05) is 61.5 Å². The van der Waals surface area contributed by atoms with Crippen molar-refractivity contribution >= 4 is 17.4 Å². The SMILES string of the molecule is C=CCOc1cccc(C2/C(=C(\O)c3ccc4c(c3)CC(C)O4)C(=O)C(=O)N2CCc2ccccc2)c1. The van der Waals surface area contributed by atoms with E-state index in [2.05, 4.69) is 6.58 Å². The third kappa shape index (κ3) is 4.87. The van der Waals surface area contributed by atoms with Crippen LogP contribution >= 0.6 is 0 Å². The van der Waals surface area contributed by atoms with Crippen LogP contribution in [-0.2, 0) is 22.4 Å². The molecule has 37 heavy (non-hydrogen) atoms.